The second-order valence-corrected chi connectivity index (χ2v) is 9.60. The van der Waals surface area contributed by atoms with Gasteiger partial charge in [0.2, 0.25) is 9.84 Å². The van der Waals surface area contributed by atoms with Crippen molar-refractivity contribution in [2.45, 2.75) is 22.3 Å². The number of sulfone groups is 1. The van der Waals surface area contributed by atoms with Gasteiger partial charge in [0.1, 0.15) is 5.75 Å². The summed E-state index contributed by atoms with van der Waals surface area (Å²) in [6.07, 6.45) is -0.0195. The average Bonchev–Trinajstić information content (AvgIpc) is 2.77. The number of halogens is 1. The first-order chi connectivity index (χ1) is 15.2. The molecular formula is C23H23ClN2O5S. The fraction of sp³-hybridized carbons (Fsp3) is 0.174. The summed E-state index contributed by atoms with van der Waals surface area (Å²) in [6.45, 7) is 0.966. The molecule has 32 heavy (non-hydrogen) atoms. The zero-order chi connectivity index (χ0) is 23.3. The zero-order valence-corrected chi connectivity index (χ0v) is 18.6. The predicted octanol–water partition coefficient (Wildman–Crippen LogP) is 2.84. The van der Waals surface area contributed by atoms with E-state index in [4.69, 9.17) is 17.3 Å². The Morgan fingerprint density at radius 1 is 1.00 bits per heavy atom. The van der Waals surface area contributed by atoms with E-state index in [1.54, 1.807) is 36.4 Å². The van der Waals surface area contributed by atoms with Crippen molar-refractivity contribution in [2.24, 2.45) is 5.73 Å². The molecule has 0 saturated heterocycles. The van der Waals surface area contributed by atoms with Crippen LogP contribution in [0.15, 0.2) is 76.5 Å². The Bertz CT molecular complexity index is 1200. The van der Waals surface area contributed by atoms with Crippen molar-refractivity contribution in [3.05, 3.63) is 88.4 Å². The number of nitrogens with two attached hydrogens (primary N) is 1. The van der Waals surface area contributed by atoms with Crippen molar-refractivity contribution in [1.29, 1.82) is 0 Å². The maximum atomic E-state index is 12.8. The van der Waals surface area contributed by atoms with Gasteiger partial charge in [0, 0.05) is 11.6 Å². The summed E-state index contributed by atoms with van der Waals surface area (Å²) in [6, 6.07) is 16.8. The molecule has 3 aromatic rings. The maximum Gasteiger partial charge on any atom is 0.252 e. The molecule has 0 unspecified atom stereocenters. The van der Waals surface area contributed by atoms with E-state index in [1.807, 2.05) is 0 Å². The van der Waals surface area contributed by atoms with Gasteiger partial charge in [-0.3, -0.25) is 4.79 Å². The first-order valence-corrected chi connectivity index (χ1v) is 11.7. The second-order valence-electron chi connectivity index (χ2n) is 7.21. The minimum absolute atomic E-state index is 0.0634. The van der Waals surface area contributed by atoms with Crippen LogP contribution in [0.5, 0.6) is 5.75 Å². The Balaban J connectivity index is 1.59. The van der Waals surface area contributed by atoms with Crippen LogP contribution in [0.2, 0.25) is 5.02 Å². The molecule has 0 radical (unpaired) electrons. The third kappa shape index (κ3) is 5.66. The Labute approximate surface area is 191 Å². The molecule has 0 aliphatic rings. The van der Waals surface area contributed by atoms with Crippen LogP contribution in [-0.2, 0) is 16.3 Å². The minimum Gasteiger partial charge on any atom is -0.507 e. The van der Waals surface area contributed by atoms with Crippen molar-refractivity contribution in [2.75, 3.05) is 13.1 Å². The normalized spacial score (nSPS) is 12.4. The predicted molar refractivity (Wildman–Crippen MR) is 122 cm³/mol. The summed E-state index contributed by atoms with van der Waals surface area (Å²) in [5.74, 6) is -1.29. The van der Waals surface area contributed by atoms with E-state index in [1.165, 1.54) is 18.2 Å². The number of amides is 1. The van der Waals surface area contributed by atoms with E-state index < -0.39 is 21.8 Å². The molecule has 0 aromatic heterocycles. The van der Waals surface area contributed by atoms with Gasteiger partial charge in [-0.2, -0.15) is 0 Å². The Kier molecular flexibility index (Phi) is 7.52. The van der Waals surface area contributed by atoms with E-state index >= 15 is 0 Å². The SMILES string of the molecule is NC(=O)c1cc(S(=O)(=O)c2ccc(CCNC[C@@H](O)c3ccc(Cl)cc3)cc2)ccc1O. The summed E-state index contributed by atoms with van der Waals surface area (Å²) in [7, 11) is -3.88. The summed E-state index contributed by atoms with van der Waals surface area (Å²) in [5, 5.41) is 23.6. The number of benzene rings is 3. The highest BCUT2D eigenvalue weighted by atomic mass is 35.5. The van der Waals surface area contributed by atoms with Crippen LogP contribution in [0.25, 0.3) is 0 Å². The molecule has 9 heteroatoms. The van der Waals surface area contributed by atoms with Crippen molar-refractivity contribution < 1.29 is 23.4 Å². The molecule has 0 spiro atoms. The Morgan fingerprint density at radius 3 is 2.25 bits per heavy atom. The monoisotopic (exact) mass is 474 g/mol. The lowest BCUT2D eigenvalue weighted by Crippen LogP contribution is -2.23. The number of phenols is 1. The van der Waals surface area contributed by atoms with E-state index in [9.17, 15) is 23.4 Å². The quantitative estimate of drug-likeness (QED) is 0.353. The lowest BCUT2D eigenvalue weighted by molar-refractivity contribution is 0.0997. The second kappa shape index (κ2) is 10.1. The molecular weight excluding hydrogens is 452 g/mol. The third-order valence-corrected chi connectivity index (χ3v) is 6.98. The lowest BCUT2D eigenvalue weighted by Gasteiger charge is -2.12. The van der Waals surface area contributed by atoms with Gasteiger partial charge < -0.3 is 21.3 Å². The molecule has 5 N–H and O–H groups in total. The molecule has 168 valence electrons. The molecule has 0 aliphatic carbocycles. The van der Waals surface area contributed by atoms with Gasteiger partial charge in [0.25, 0.3) is 5.91 Å². The van der Waals surface area contributed by atoms with Crippen LogP contribution in [0, 0.1) is 0 Å². The van der Waals surface area contributed by atoms with Crippen LogP contribution in [0.1, 0.15) is 27.6 Å². The van der Waals surface area contributed by atoms with Gasteiger partial charge >= 0.3 is 0 Å². The molecule has 0 fully saturated rings. The number of aliphatic hydroxyl groups excluding tert-OH is 1. The number of rotatable bonds is 9. The topological polar surface area (TPSA) is 130 Å². The Hall–Kier alpha value is -2.91. The molecule has 1 amide bonds. The van der Waals surface area contributed by atoms with Crippen LogP contribution in [-0.4, -0.2) is 37.6 Å². The van der Waals surface area contributed by atoms with Crippen molar-refractivity contribution >= 4 is 27.3 Å². The molecule has 1 atom stereocenters. The zero-order valence-electron chi connectivity index (χ0n) is 17.0. The van der Waals surface area contributed by atoms with E-state index in [2.05, 4.69) is 5.32 Å². The highest BCUT2D eigenvalue weighted by Gasteiger charge is 2.20. The van der Waals surface area contributed by atoms with E-state index in [0.717, 1.165) is 23.3 Å². The van der Waals surface area contributed by atoms with Crippen molar-refractivity contribution in [3.8, 4) is 5.75 Å². The number of aromatic hydroxyl groups is 1. The molecule has 0 heterocycles. The van der Waals surface area contributed by atoms with Crippen LogP contribution < -0.4 is 11.1 Å². The summed E-state index contributed by atoms with van der Waals surface area (Å²) < 4.78 is 25.7. The smallest absolute Gasteiger partial charge is 0.252 e. The summed E-state index contributed by atoms with van der Waals surface area (Å²) >= 11 is 5.85. The van der Waals surface area contributed by atoms with Gasteiger partial charge in [0.05, 0.1) is 21.5 Å². The van der Waals surface area contributed by atoms with E-state index in [0.29, 0.717) is 24.5 Å². The highest BCUT2D eigenvalue weighted by Crippen LogP contribution is 2.26. The number of hydrogen-bond donors (Lipinski definition) is 4. The number of nitrogens with one attached hydrogen (secondary N) is 1. The fourth-order valence-electron chi connectivity index (χ4n) is 3.13. The standard InChI is InChI=1S/C23H23ClN2O5S/c24-17-5-3-16(4-6-17)22(28)14-26-12-11-15-1-7-18(8-2-15)32(30,31)19-9-10-21(27)20(13-19)23(25)29/h1-10,13,22,26-28H,11-12,14H2,(H2,25,29)/t22-/m1/s1. The summed E-state index contributed by atoms with van der Waals surface area (Å²) in [5.41, 5.74) is 6.61. The van der Waals surface area contributed by atoms with Crippen molar-refractivity contribution in [3.63, 3.8) is 0 Å². The van der Waals surface area contributed by atoms with Gasteiger partial charge in [-0.1, -0.05) is 35.9 Å². The van der Waals surface area contributed by atoms with Gasteiger partial charge in [-0.05, 0) is 66.6 Å². The number of aliphatic hydroxyl groups is 1. The number of carbonyl (C=O) groups is 1. The first kappa shape index (κ1) is 23.7. The van der Waals surface area contributed by atoms with E-state index in [-0.39, 0.29) is 21.1 Å². The first-order valence-electron chi connectivity index (χ1n) is 9.79. The highest BCUT2D eigenvalue weighted by molar-refractivity contribution is 7.91. The van der Waals surface area contributed by atoms with Gasteiger partial charge in [-0.25, -0.2) is 8.42 Å². The summed E-state index contributed by atoms with van der Waals surface area (Å²) in [4.78, 5) is 11.3. The number of carbonyl (C=O) groups excluding carboxylic acids is 1. The number of primary amides is 1. The molecule has 3 rings (SSSR count). The van der Waals surface area contributed by atoms with Crippen LogP contribution >= 0.6 is 11.6 Å². The molecule has 3 aromatic carbocycles. The van der Waals surface area contributed by atoms with Crippen molar-refractivity contribution in [1.82, 2.24) is 5.32 Å². The molecule has 0 aliphatic heterocycles. The minimum atomic E-state index is -3.88. The fourth-order valence-corrected chi connectivity index (χ4v) is 4.54. The maximum absolute atomic E-state index is 12.8. The average molecular weight is 475 g/mol. The van der Waals surface area contributed by atoms with Crippen LogP contribution in [0.3, 0.4) is 0 Å². The molecule has 7 nitrogen and oxygen atoms in total. The van der Waals surface area contributed by atoms with Gasteiger partial charge in [-0.15, -0.1) is 0 Å². The lowest BCUT2D eigenvalue weighted by atomic mass is 10.1. The largest absolute Gasteiger partial charge is 0.507 e. The third-order valence-electron chi connectivity index (χ3n) is 4.96. The molecule has 0 bridgehead atoms. The Morgan fingerprint density at radius 2 is 1.62 bits per heavy atom. The van der Waals surface area contributed by atoms with Gasteiger partial charge in [0.15, 0.2) is 0 Å². The molecule has 0 saturated carbocycles. The van der Waals surface area contributed by atoms with Crippen LogP contribution in [0.4, 0.5) is 0 Å². The number of hydrogen-bond acceptors (Lipinski definition) is 6.